The third-order valence-corrected chi connectivity index (χ3v) is 7.28. The molecule has 0 radical (unpaired) electrons. The molecule has 0 aromatic carbocycles. The topological polar surface area (TPSA) is 35.5 Å². The molecule has 3 nitrogen and oxygen atoms in total. The molecule has 0 aliphatic heterocycles. The fraction of sp³-hybridized carbons (Fsp3) is 0.889. The molecule has 0 aromatic rings. The maximum Gasteiger partial charge on any atom is 0.330 e. The van der Waals surface area contributed by atoms with Crippen LogP contribution in [0.4, 0.5) is 0 Å². The third-order valence-electron chi connectivity index (χ3n) is 2.66. The van der Waals surface area contributed by atoms with Crippen LogP contribution in [0, 0.1) is 0 Å². The van der Waals surface area contributed by atoms with Gasteiger partial charge in [-0.05, 0) is 18.1 Å². The molecule has 0 aliphatic carbocycles. The summed E-state index contributed by atoms with van der Waals surface area (Å²) in [6, 6.07) is 3.20. The van der Waals surface area contributed by atoms with Crippen molar-refractivity contribution >= 4 is 14.3 Å². The Bertz CT molecular complexity index is 147. The standard InChI is InChI=1S/C9H20O3Si/c1-5-13(6-2,7-3)12-8-9(10)11-4/h5-8H2,1-4H3. The molecule has 0 unspecified atom stereocenters. The molecule has 0 saturated carbocycles. The molecule has 78 valence electrons. The first-order chi connectivity index (χ1) is 6.14. The molecule has 0 rings (SSSR count). The average molecular weight is 204 g/mol. The van der Waals surface area contributed by atoms with Gasteiger partial charge in [-0.3, -0.25) is 0 Å². The molecule has 0 heterocycles. The molecular weight excluding hydrogens is 184 g/mol. The Labute approximate surface area is 81.6 Å². The smallest absolute Gasteiger partial charge is 0.330 e. The lowest BCUT2D eigenvalue weighted by Crippen LogP contribution is -2.37. The van der Waals surface area contributed by atoms with Gasteiger partial charge in [-0.15, -0.1) is 0 Å². The third kappa shape index (κ3) is 3.91. The van der Waals surface area contributed by atoms with Gasteiger partial charge in [0.2, 0.25) is 0 Å². The monoisotopic (exact) mass is 204 g/mol. The Kier molecular flexibility index (Phi) is 5.99. The molecule has 0 atom stereocenters. The highest BCUT2D eigenvalue weighted by atomic mass is 28.4. The van der Waals surface area contributed by atoms with Crippen molar-refractivity contribution < 1.29 is 14.0 Å². The van der Waals surface area contributed by atoms with Gasteiger partial charge in [0.05, 0.1) is 7.11 Å². The van der Waals surface area contributed by atoms with E-state index in [1.165, 1.54) is 7.11 Å². The van der Waals surface area contributed by atoms with Gasteiger partial charge in [0, 0.05) is 0 Å². The summed E-state index contributed by atoms with van der Waals surface area (Å²) >= 11 is 0. The highest BCUT2D eigenvalue weighted by molar-refractivity contribution is 6.73. The second-order valence-corrected chi connectivity index (χ2v) is 7.88. The van der Waals surface area contributed by atoms with Gasteiger partial charge in [0.15, 0.2) is 8.32 Å². The summed E-state index contributed by atoms with van der Waals surface area (Å²) in [6.07, 6.45) is 0. The Morgan fingerprint density at radius 2 is 1.62 bits per heavy atom. The number of carbonyl (C=O) groups is 1. The molecule has 13 heavy (non-hydrogen) atoms. The second kappa shape index (κ2) is 6.15. The lowest BCUT2D eigenvalue weighted by molar-refractivity contribution is -0.143. The fourth-order valence-corrected chi connectivity index (χ4v) is 3.86. The van der Waals surface area contributed by atoms with E-state index in [0.717, 1.165) is 18.1 Å². The van der Waals surface area contributed by atoms with E-state index in [1.807, 2.05) is 0 Å². The van der Waals surface area contributed by atoms with Gasteiger partial charge >= 0.3 is 5.97 Å². The zero-order valence-electron chi connectivity index (χ0n) is 9.05. The van der Waals surface area contributed by atoms with Crippen molar-refractivity contribution in [2.75, 3.05) is 13.7 Å². The van der Waals surface area contributed by atoms with E-state index < -0.39 is 8.32 Å². The number of carbonyl (C=O) groups excluding carboxylic acids is 1. The fourth-order valence-electron chi connectivity index (χ4n) is 1.33. The van der Waals surface area contributed by atoms with Crippen LogP contribution >= 0.6 is 0 Å². The van der Waals surface area contributed by atoms with Crippen LogP contribution in [-0.2, 0) is 14.0 Å². The first-order valence-corrected chi connectivity index (χ1v) is 7.37. The molecule has 0 fully saturated rings. The first-order valence-electron chi connectivity index (χ1n) is 4.84. The molecule has 0 bridgehead atoms. The molecule has 0 aromatic heterocycles. The van der Waals surface area contributed by atoms with Crippen molar-refractivity contribution in [3.05, 3.63) is 0 Å². The summed E-state index contributed by atoms with van der Waals surface area (Å²) in [7, 11) is -0.210. The average Bonchev–Trinajstić information content (AvgIpc) is 2.20. The molecule has 0 aliphatic rings. The van der Waals surface area contributed by atoms with Gasteiger partial charge in [-0.1, -0.05) is 20.8 Å². The highest BCUT2D eigenvalue weighted by Crippen LogP contribution is 2.21. The zero-order chi connectivity index (χ0) is 10.3. The summed E-state index contributed by atoms with van der Waals surface area (Å²) in [6.45, 7) is 6.53. The summed E-state index contributed by atoms with van der Waals surface area (Å²) in [5, 5.41) is 0. The Balaban J connectivity index is 4.02. The minimum absolute atomic E-state index is 0.123. The molecular formula is C9H20O3Si. The largest absolute Gasteiger partial charge is 0.467 e. The van der Waals surface area contributed by atoms with E-state index in [1.54, 1.807) is 0 Å². The molecule has 0 spiro atoms. The van der Waals surface area contributed by atoms with E-state index in [2.05, 4.69) is 25.5 Å². The van der Waals surface area contributed by atoms with Crippen LogP contribution in [-0.4, -0.2) is 28.0 Å². The van der Waals surface area contributed by atoms with Crippen molar-refractivity contribution in [3.63, 3.8) is 0 Å². The quantitative estimate of drug-likeness (QED) is 0.491. The molecule has 0 N–H and O–H groups in total. The van der Waals surface area contributed by atoms with Gasteiger partial charge < -0.3 is 9.16 Å². The van der Waals surface area contributed by atoms with Gasteiger partial charge in [0.1, 0.15) is 6.61 Å². The van der Waals surface area contributed by atoms with Crippen molar-refractivity contribution in [3.8, 4) is 0 Å². The molecule has 0 amide bonds. The van der Waals surface area contributed by atoms with E-state index in [-0.39, 0.29) is 12.6 Å². The van der Waals surface area contributed by atoms with Crippen LogP contribution in [0.25, 0.3) is 0 Å². The van der Waals surface area contributed by atoms with E-state index in [0.29, 0.717) is 0 Å². The summed E-state index contributed by atoms with van der Waals surface area (Å²) in [4.78, 5) is 10.9. The van der Waals surface area contributed by atoms with Crippen LogP contribution in [0.1, 0.15) is 20.8 Å². The second-order valence-electron chi connectivity index (χ2n) is 3.11. The first kappa shape index (κ1) is 12.6. The summed E-state index contributed by atoms with van der Waals surface area (Å²) in [5.74, 6) is -0.271. The minimum atomic E-state index is -1.60. The van der Waals surface area contributed by atoms with Crippen LogP contribution in [0.15, 0.2) is 0 Å². The maximum atomic E-state index is 10.9. The number of hydrogen-bond acceptors (Lipinski definition) is 3. The Morgan fingerprint density at radius 3 is 1.92 bits per heavy atom. The summed E-state index contributed by atoms with van der Waals surface area (Å²) in [5.41, 5.74) is 0. The van der Waals surface area contributed by atoms with Crippen LogP contribution in [0.5, 0.6) is 0 Å². The van der Waals surface area contributed by atoms with E-state index in [9.17, 15) is 4.79 Å². The predicted molar refractivity (Wildman–Crippen MR) is 55.2 cm³/mol. The van der Waals surface area contributed by atoms with Gasteiger partial charge in [0.25, 0.3) is 0 Å². The molecule has 4 heteroatoms. The molecule has 0 saturated heterocycles. The number of ether oxygens (including phenoxy) is 1. The van der Waals surface area contributed by atoms with Crippen LogP contribution < -0.4 is 0 Å². The lowest BCUT2D eigenvalue weighted by atomic mass is 10.8. The Morgan fingerprint density at radius 1 is 1.15 bits per heavy atom. The Hall–Kier alpha value is -0.353. The van der Waals surface area contributed by atoms with Crippen LogP contribution in [0.3, 0.4) is 0 Å². The van der Waals surface area contributed by atoms with E-state index >= 15 is 0 Å². The van der Waals surface area contributed by atoms with Gasteiger partial charge in [-0.2, -0.15) is 0 Å². The number of esters is 1. The maximum absolute atomic E-state index is 10.9. The lowest BCUT2D eigenvalue weighted by Gasteiger charge is -2.27. The van der Waals surface area contributed by atoms with Crippen molar-refractivity contribution in [1.29, 1.82) is 0 Å². The van der Waals surface area contributed by atoms with Crippen molar-refractivity contribution in [2.24, 2.45) is 0 Å². The van der Waals surface area contributed by atoms with Crippen molar-refractivity contribution in [1.82, 2.24) is 0 Å². The zero-order valence-corrected chi connectivity index (χ0v) is 10.1. The van der Waals surface area contributed by atoms with Crippen molar-refractivity contribution in [2.45, 2.75) is 38.9 Å². The van der Waals surface area contributed by atoms with E-state index in [4.69, 9.17) is 4.43 Å². The van der Waals surface area contributed by atoms with Gasteiger partial charge in [-0.25, -0.2) is 4.79 Å². The minimum Gasteiger partial charge on any atom is -0.467 e. The SMILES string of the molecule is CC[Si](CC)(CC)OCC(=O)OC. The predicted octanol–water partition coefficient (Wildman–Crippen LogP) is 2.18. The number of rotatable bonds is 6. The highest BCUT2D eigenvalue weighted by Gasteiger charge is 2.29. The number of hydrogen-bond donors (Lipinski definition) is 0. The number of methoxy groups -OCH3 is 1. The van der Waals surface area contributed by atoms with Crippen LogP contribution in [0.2, 0.25) is 18.1 Å². The normalized spacial score (nSPS) is 11.4. The summed E-state index contributed by atoms with van der Waals surface area (Å²) < 4.78 is 10.2.